The van der Waals surface area contributed by atoms with E-state index in [-0.39, 0.29) is 5.97 Å². The number of rotatable bonds is 4. The molecule has 0 unspecified atom stereocenters. The second-order valence-electron chi connectivity index (χ2n) is 5.99. The Kier molecular flexibility index (Phi) is 5.03. The summed E-state index contributed by atoms with van der Waals surface area (Å²) >= 11 is 0. The average molecular weight is 338 g/mol. The second-order valence-corrected chi connectivity index (χ2v) is 5.99. The number of carbonyl (C=O) groups excluding carboxylic acids is 1. The molecule has 2 aromatic carbocycles. The lowest BCUT2D eigenvalue weighted by Gasteiger charge is -2.19. The average Bonchev–Trinajstić information content (AvgIpc) is 3.10. The third-order valence-electron chi connectivity index (χ3n) is 4.28. The van der Waals surface area contributed by atoms with Gasteiger partial charge < -0.3 is 14.4 Å². The van der Waals surface area contributed by atoms with Crippen molar-refractivity contribution in [3.8, 4) is 5.75 Å². The van der Waals surface area contributed by atoms with Gasteiger partial charge in [0.2, 0.25) is 0 Å². The molecule has 0 saturated carbocycles. The number of aryl methyl sites for hydroxylation is 1. The maximum Gasteiger partial charge on any atom is 0.340 e. The van der Waals surface area contributed by atoms with Gasteiger partial charge in [0.15, 0.2) is 0 Å². The minimum Gasteiger partial charge on any atom is -0.497 e. The summed E-state index contributed by atoms with van der Waals surface area (Å²) in [5.74, 6) is 1.42. The Morgan fingerprint density at radius 1 is 1.12 bits per heavy atom. The molecule has 0 N–H and O–H groups in total. The monoisotopic (exact) mass is 338 g/mol. The Labute approximate surface area is 147 Å². The van der Waals surface area contributed by atoms with E-state index in [4.69, 9.17) is 14.5 Å². The van der Waals surface area contributed by atoms with E-state index in [1.54, 1.807) is 7.11 Å². The van der Waals surface area contributed by atoms with Crippen molar-refractivity contribution >= 4 is 23.2 Å². The molecule has 1 aliphatic rings. The van der Waals surface area contributed by atoms with Crippen molar-refractivity contribution in [2.24, 2.45) is 4.99 Å². The van der Waals surface area contributed by atoms with Crippen LogP contribution in [0.15, 0.2) is 47.5 Å². The summed E-state index contributed by atoms with van der Waals surface area (Å²) in [6.45, 7) is 2.85. The minimum absolute atomic E-state index is 0.364. The molecule has 0 radical (unpaired) electrons. The van der Waals surface area contributed by atoms with E-state index in [2.05, 4.69) is 4.90 Å². The highest BCUT2D eigenvalue weighted by Gasteiger charge is 2.21. The number of anilines is 1. The van der Waals surface area contributed by atoms with E-state index >= 15 is 0 Å². The maximum absolute atomic E-state index is 12.1. The summed E-state index contributed by atoms with van der Waals surface area (Å²) < 4.78 is 10.1. The predicted molar refractivity (Wildman–Crippen MR) is 99.2 cm³/mol. The first kappa shape index (κ1) is 17.0. The molecule has 1 fully saturated rings. The van der Waals surface area contributed by atoms with Crippen LogP contribution in [0.3, 0.4) is 0 Å². The molecule has 0 spiro atoms. The van der Waals surface area contributed by atoms with Crippen molar-refractivity contribution < 1.29 is 14.3 Å². The molecule has 3 rings (SSSR count). The minimum atomic E-state index is -0.364. The SMILES string of the molecule is COC(=O)c1cc(C)ccc1N=C1CCCN1c1ccc(OC)cc1. The number of benzene rings is 2. The van der Waals surface area contributed by atoms with E-state index < -0.39 is 0 Å². The quantitative estimate of drug-likeness (QED) is 0.787. The largest absolute Gasteiger partial charge is 0.497 e. The van der Waals surface area contributed by atoms with Crippen LogP contribution < -0.4 is 9.64 Å². The standard InChI is InChI=1S/C20H22N2O3/c1-14-6-11-18(17(13-14)20(23)25-3)21-19-5-4-12-22(19)15-7-9-16(24-2)10-8-15/h6-11,13H,4-5,12H2,1-3H3. The molecule has 5 heteroatoms. The van der Waals surface area contributed by atoms with Crippen LogP contribution in [0.5, 0.6) is 5.75 Å². The van der Waals surface area contributed by atoms with Gasteiger partial charge in [0.1, 0.15) is 11.6 Å². The summed E-state index contributed by atoms with van der Waals surface area (Å²) in [6.07, 6.45) is 1.91. The molecule has 0 aromatic heterocycles. The van der Waals surface area contributed by atoms with Gasteiger partial charge >= 0.3 is 5.97 Å². The van der Waals surface area contributed by atoms with Crippen LogP contribution in [-0.2, 0) is 4.74 Å². The van der Waals surface area contributed by atoms with Crippen LogP contribution in [-0.4, -0.2) is 32.6 Å². The van der Waals surface area contributed by atoms with Gasteiger partial charge in [0.05, 0.1) is 25.5 Å². The zero-order valence-corrected chi connectivity index (χ0v) is 14.8. The number of hydrogen-bond acceptors (Lipinski definition) is 4. The third kappa shape index (κ3) is 3.65. The molecule has 1 saturated heterocycles. The molecule has 0 atom stereocenters. The number of methoxy groups -OCH3 is 2. The van der Waals surface area contributed by atoms with Gasteiger partial charge in [0, 0.05) is 18.7 Å². The van der Waals surface area contributed by atoms with E-state index in [0.29, 0.717) is 11.3 Å². The Balaban J connectivity index is 1.95. The summed E-state index contributed by atoms with van der Waals surface area (Å²) in [7, 11) is 3.05. The molecule has 5 nitrogen and oxygen atoms in total. The van der Waals surface area contributed by atoms with Gasteiger partial charge in [-0.3, -0.25) is 0 Å². The molecule has 2 aromatic rings. The van der Waals surface area contributed by atoms with Gasteiger partial charge in [-0.25, -0.2) is 9.79 Å². The van der Waals surface area contributed by atoms with Gasteiger partial charge in [-0.2, -0.15) is 0 Å². The normalized spacial score (nSPS) is 15.5. The topological polar surface area (TPSA) is 51.1 Å². The number of nitrogens with zero attached hydrogens (tertiary/aromatic N) is 2. The van der Waals surface area contributed by atoms with Crippen molar-refractivity contribution in [1.82, 2.24) is 0 Å². The van der Waals surface area contributed by atoms with Crippen LogP contribution in [0.4, 0.5) is 11.4 Å². The fourth-order valence-electron chi connectivity index (χ4n) is 2.98. The highest BCUT2D eigenvalue weighted by molar-refractivity contribution is 6.03. The number of carbonyl (C=O) groups is 1. The number of hydrogen-bond donors (Lipinski definition) is 0. The molecule has 25 heavy (non-hydrogen) atoms. The second kappa shape index (κ2) is 7.38. The summed E-state index contributed by atoms with van der Waals surface area (Å²) in [5, 5.41) is 0. The first-order chi connectivity index (χ1) is 12.1. The maximum atomic E-state index is 12.1. The van der Waals surface area contributed by atoms with Gasteiger partial charge in [-0.15, -0.1) is 0 Å². The van der Waals surface area contributed by atoms with Crippen molar-refractivity contribution in [3.63, 3.8) is 0 Å². The number of aliphatic imine (C=N–C) groups is 1. The van der Waals surface area contributed by atoms with Crippen LogP contribution in [0.2, 0.25) is 0 Å². The first-order valence-corrected chi connectivity index (χ1v) is 8.30. The Morgan fingerprint density at radius 3 is 2.56 bits per heavy atom. The van der Waals surface area contributed by atoms with E-state index in [9.17, 15) is 4.79 Å². The van der Waals surface area contributed by atoms with Gasteiger partial charge in [-0.05, 0) is 49.7 Å². The molecule has 0 aliphatic carbocycles. The van der Waals surface area contributed by atoms with Crippen LogP contribution in [0, 0.1) is 6.92 Å². The summed E-state index contributed by atoms with van der Waals surface area (Å²) in [6, 6.07) is 13.6. The Hall–Kier alpha value is -2.82. The van der Waals surface area contributed by atoms with E-state index in [0.717, 1.165) is 42.2 Å². The molecular formula is C20H22N2O3. The van der Waals surface area contributed by atoms with Crippen molar-refractivity contribution in [3.05, 3.63) is 53.6 Å². The lowest BCUT2D eigenvalue weighted by Crippen LogP contribution is -2.24. The molecule has 1 aliphatic heterocycles. The molecular weight excluding hydrogens is 316 g/mol. The van der Waals surface area contributed by atoms with Crippen LogP contribution >= 0.6 is 0 Å². The molecule has 1 heterocycles. The molecule has 0 amide bonds. The zero-order valence-electron chi connectivity index (χ0n) is 14.8. The van der Waals surface area contributed by atoms with Gasteiger partial charge in [0.25, 0.3) is 0 Å². The molecule has 0 bridgehead atoms. The first-order valence-electron chi connectivity index (χ1n) is 8.30. The summed E-state index contributed by atoms with van der Waals surface area (Å²) in [4.78, 5) is 19.0. The smallest absolute Gasteiger partial charge is 0.340 e. The number of amidine groups is 1. The number of ether oxygens (including phenoxy) is 2. The lowest BCUT2D eigenvalue weighted by atomic mass is 10.1. The Morgan fingerprint density at radius 2 is 1.88 bits per heavy atom. The zero-order chi connectivity index (χ0) is 17.8. The highest BCUT2D eigenvalue weighted by atomic mass is 16.5. The fraction of sp³-hybridized carbons (Fsp3) is 0.300. The molecule has 130 valence electrons. The van der Waals surface area contributed by atoms with Crippen molar-refractivity contribution in [1.29, 1.82) is 0 Å². The van der Waals surface area contributed by atoms with Crippen LogP contribution in [0.1, 0.15) is 28.8 Å². The fourth-order valence-corrected chi connectivity index (χ4v) is 2.98. The van der Waals surface area contributed by atoms with E-state index in [1.807, 2.05) is 49.4 Å². The number of esters is 1. The van der Waals surface area contributed by atoms with E-state index in [1.165, 1.54) is 7.11 Å². The van der Waals surface area contributed by atoms with Crippen molar-refractivity contribution in [2.45, 2.75) is 19.8 Å². The Bertz CT molecular complexity index is 797. The van der Waals surface area contributed by atoms with Crippen LogP contribution in [0.25, 0.3) is 0 Å². The van der Waals surface area contributed by atoms with Gasteiger partial charge in [-0.1, -0.05) is 11.6 Å². The predicted octanol–water partition coefficient (Wildman–Crippen LogP) is 4.12. The summed E-state index contributed by atoms with van der Waals surface area (Å²) in [5.41, 5.74) is 3.22. The lowest BCUT2D eigenvalue weighted by molar-refractivity contribution is 0.0601. The highest BCUT2D eigenvalue weighted by Crippen LogP contribution is 2.28. The third-order valence-corrected chi connectivity index (χ3v) is 4.28. The van der Waals surface area contributed by atoms with Crippen molar-refractivity contribution in [2.75, 3.05) is 25.7 Å².